The van der Waals surface area contributed by atoms with E-state index in [4.69, 9.17) is 0 Å². The maximum Gasteiger partial charge on any atom is 0.275 e. The number of aryl methyl sites for hydroxylation is 2. The van der Waals surface area contributed by atoms with Crippen LogP contribution in [0.1, 0.15) is 33.5 Å². The van der Waals surface area contributed by atoms with E-state index < -0.39 is 5.91 Å². The number of fused-ring (bicyclic) bond motifs is 1. The Balaban J connectivity index is 1.67. The third kappa shape index (κ3) is 2.94. The Morgan fingerprint density at radius 1 is 1.14 bits per heavy atom. The molecule has 1 aliphatic rings. The fourth-order valence-electron chi connectivity index (χ4n) is 2.56. The molecule has 0 radical (unpaired) electrons. The van der Waals surface area contributed by atoms with Crippen molar-refractivity contribution in [3.05, 3.63) is 64.7 Å². The normalized spacial score (nSPS) is 13.3. The molecule has 4 nitrogen and oxygen atoms in total. The van der Waals surface area contributed by atoms with Crippen LogP contribution < -0.4 is 5.43 Å². The molecule has 0 saturated carbocycles. The summed E-state index contributed by atoms with van der Waals surface area (Å²) in [6.07, 6.45) is 5.09. The summed E-state index contributed by atoms with van der Waals surface area (Å²) in [7, 11) is 0. The maximum atomic E-state index is 11.9. The van der Waals surface area contributed by atoms with Gasteiger partial charge in [0.2, 0.25) is 0 Å². The van der Waals surface area contributed by atoms with Crippen molar-refractivity contribution in [2.45, 2.75) is 19.3 Å². The summed E-state index contributed by atoms with van der Waals surface area (Å²) in [4.78, 5) is 11.9. The van der Waals surface area contributed by atoms with Gasteiger partial charge in [-0.1, -0.05) is 24.3 Å². The number of amides is 1. The first-order valence-electron chi connectivity index (χ1n) is 6.97. The molecular formula is C17H16N2O2. The number of phenols is 1. The van der Waals surface area contributed by atoms with E-state index >= 15 is 0 Å². The average molecular weight is 280 g/mol. The number of para-hydroxylation sites is 1. The summed E-state index contributed by atoms with van der Waals surface area (Å²) in [6.45, 7) is 0. The molecule has 0 unspecified atom stereocenters. The Bertz CT molecular complexity index is 708. The predicted octanol–water partition coefficient (Wildman–Crippen LogP) is 2.64. The Labute approximate surface area is 123 Å². The molecule has 2 aromatic rings. The number of nitrogens with zero attached hydrogens (tertiary/aromatic N) is 1. The molecule has 21 heavy (non-hydrogen) atoms. The maximum absolute atomic E-state index is 11.9. The van der Waals surface area contributed by atoms with Crippen molar-refractivity contribution in [3.63, 3.8) is 0 Å². The molecule has 106 valence electrons. The van der Waals surface area contributed by atoms with E-state index in [0.29, 0.717) is 0 Å². The van der Waals surface area contributed by atoms with Crippen molar-refractivity contribution in [1.29, 1.82) is 0 Å². The number of phenolic OH excluding ortho intramolecular Hbond substituents is 1. The summed E-state index contributed by atoms with van der Waals surface area (Å²) < 4.78 is 0. The largest absolute Gasteiger partial charge is 0.507 e. The van der Waals surface area contributed by atoms with Crippen molar-refractivity contribution in [2.75, 3.05) is 0 Å². The molecule has 0 heterocycles. The zero-order valence-corrected chi connectivity index (χ0v) is 11.5. The molecule has 0 saturated heterocycles. The van der Waals surface area contributed by atoms with Gasteiger partial charge in [0, 0.05) is 0 Å². The molecule has 1 amide bonds. The van der Waals surface area contributed by atoms with Crippen molar-refractivity contribution < 1.29 is 9.90 Å². The summed E-state index contributed by atoms with van der Waals surface area (Å²) in [5.41, 5.74) is 6.38. The number of hydrogen-bond acceptors (Lipinski definition) is 3. The highest BCUT2D eigenvalue weighted by Crippen LogP contribution is 2.22. The minimum atomic E-state index is -0.425. The van der Waals surface area contributed by atoms with E-state index in [1.807, 2.05) is 6.07 Å². The fourth-order valence-corrected chi connectivity index (χ4v) is 2.56. The Morgan fingerprint density at radius 2 is 1.95 bits per heavy atom. The van der Waals surface area contributed by atoms with E-state index in [-0.39, 0.29) is 11.3 Å². The standard InChI is InChI=1S/C17H16N2O2/c20-16-7-2-1-6-15(16)17(21)19-18-11-12-8-9-13-4-3-5-14(13)10-12/h1-2,6-11,20H,3-5H2,(H,19,21)/b18-11-. The van der Waals surface area contributed by atoms with E-state index in [1.54, 1.807) is 24.4 Å². The van der Waals surface area contributed by atoms with Gasteiger partial charge in [0.15, 0.2) is 0 Å². The second-order valence-corrected chi connectivity index (χ2v) is 5.10. The Kier molecular flexibility index (Phi) is 3.69. The molecule has 0 fully saturated rings. The van der Waals surface area contributed by atoms with Crippen LogP contribution in [0.3, 0.4) is 0 Å². The van der Waals surface area contributed by atoms with Crippen LogP contribution in [0, 0.1) is 0 Å². The summed E-state index contributed by atoms with van der Waals surface area (Å²) in [5, 5.41) is 13.5. The number of rotatable bonds is 3. The van der Waals surface area contributed by atoms with Crippen LogP contribution >= 0.6 is 0 Å². The molecule has 2 aromatic carbocycles. The second-order valence-electron chi connectivity index (χ2n) is 5.10. The van der Waals surface area contributed by atoms with Crippen LogP contribution in [0.5, 0.6) is 5.75 Å². The van der Waals surface area contributed by atoms with Crippen LogP contribution in [0.25, 0.3) is 0 Å². The number of hydrazone groups is 1. The van der Waals surface area contributed by atoms with Crippen molar-refractivity contribution in [1.82, 2.24) is 5.43 Å². The summed E-state index contributed by atoms with van der Waals surface area (Å²) >= 11 is 0. The topological polar surface area (TPSA) is 61.7 Å². The van der Waals surface area contributed by atoms with E-state index in [1.165, 1.54) is 23.6 Å². The van der Waals surface area contributed by atoms with Gasteiger partial charge in [-0.15, -0.1) is 0 Å². The molecule has 0 aromatic heterocycles. The van der Waals surface area contributed by atoms with Crippen LogP contribution in [-0.2, 0) is 12.8 Å². The minimum Gasteiger partial charge on any atom is -0.507 e. The Morgan fingerprint density at radius 3 is 2.81 bits per heavy atom. The number of nitrogens with one attached hydrogen (secondary N) is 1. The highest BCUT2D eigenvalue weighted by molar-refractivity contribution is 5.97. The molecule has 2 N–H and O–H groups in total. The van der Waals surface area contributed by atoms with Crippen LogP contribution in [0.2, 0.25) is 0 Å². The van der Waals surface area contributed by atoms with E-state index in [2.05, 4.69) is 22.7 Å². The summed E-state index contributed by atoms with van der Waals surface area (Å²) in [5.74, 6) is -0.478. The van der Waals surface area contributed by atoms with Crippen LogP contribution in [0.15, 0.2) is 47.6 Å². The van der Waals surface area contributed by atoms with Crippen molar-refractivity contribution in [2.24, 2.45) is 5.10 Å². The van der Waals surface area contributed by atoms with Gasteiger partial charge in [-0.2, -0.15) is 5.10 Å². The fraction of sp³-hybridized carbons (Fsp3) is 0.176. The molecule has 0 spiro atoms. The third-order valence-electron chi connectivity index (χ3n) is 3.65. The lowest BCUT2D eigenvalue weighted by molar-refractivity contribution is 0.0952. The molecular weight excluding hydrogens is 264 g/mol. The Hall–Kier alpha value is -2.62. The van der Waals surface area contributed by atoms with Gasteiger partial charge in [0.25, 0.3) is 5.91 Å². The number of hydrogen-bond donors (Lipinski definition) is 2. The van der Waals surface area contributed by atoms with Gasteiger partial charge in [0.1, 0.15) is 5.75 Å². The highest BCUT2D eigenvalue weighted by atomic mass is 16.3. The second kappa shape index (κ2) is 5.79. The van der Waals surface area contributed by atoms with E-state index in [9.17, 15) is 9.90 Å². The first kappa shape index (κ1) is 13.4. The van der Waals surface area contributed by atoms with E-state index in [0.717, 1.165) is 18.4 Å². The van der Waals surface area contributed by atoms with Gasteiger partial charge >= 0.3 is 0 Å². The minimum absolute atomic E-state index is 0.0530. The number of aromatic hydroxyl groups is 1. The smallest absolute Gasteiger partial charge is 0.275 e. The number of carbonyl (C=O) groups excluding carboxylic acids is 1. The van der Waals surface area contributed by atoms with Gasteiger partial charge < -0.3 is 5.11 Å². The van der Waals surface area contributed by atoms with Gasteiger partial charge in [-0.25, -0.2) is 5.43 Å². The van der Waals surface area contributed by atoms with Crippen LogP contribution in [-0.4, -0.2) is 17.2 Å². The predicted molar refractivity (Wildman–Crippen MR) is 81.6 cm³/mol. The zero-order valence-electron chi connectivity index (χ0n) is 11.5. The molecule has 3 rings (SSSR count). The van der Waals surface area contributed by atoms with Crippen LogP contribution in [0.4, 0.5) is 0 Å². The summed E-state index contributed by atoms with van der Waals surface area (Å²) in [6, 6.07) is 12.6. The third-order valence-corrected chi connectivity index (χ3v) is 3.65. The first-order chi connectivity index (χ1) is 10.2. The lowest BCUT2D eigenvalue weighted by Gasteiger charge is -2.02. The molecule has 0 aliphatic heterocycles. The zero-order chi connectivity index (χ0) is 14.7. The van der Waals surface area contributed by atoms with Gasteiger partial charge in [0.05, 0.1) is 11.8 Å². The molecule has 1 aliphatic carbocycles. The average Bonchev–Trinajstić information content (AvgIpc) is 2.95. The molecule has 0 bridgehead atoms. The van der Waals surface area contributed by atoms with Gasteiger partial charge in [-0.05, 0) is 54.2 Å². The lowest BCUT2D eigenvalue weighted by Crippen LogP contribution is -2.17. The quantitative estimate of drug-likeness (QED) is 0.670. The highest BCUT2D eigenvalue weighted by Gasteiger charge is 2.10. The molecule has 4 heteroatoms. The van der Waals surface area contributed by atoms with Crippen molar-refractivity contribution in [3.8, 4) is 5.75 Å². The van der Waals surface area contributed by atoms with Gasteiger partial charge in [-0.3, -0.25) is 4.79 Å². The SMILES string of the molecule is O=C(N/N=C\c1ccc2c(c1)CCC2)c1ccccc1O. The molecule has 0 atom stereocenters. The lowest BCUT2D eigenvalue weighted by atomic mass is 10.1. The number of benzene rings is 2. The number of carbonyl (C=O) groups is 1. The first-order valence-corrected chi connectivity index (χ1v) is 6.97. The van der Waals surface area contributed by atoms with Crippen molar-refractivity contribution >= 4 is 12.1 Å². The monoisotopic (exact) mass is 280 g/mol.